The molecule has 0 bridgehead atoms. The zero-order valence-corrected chi connectivity index (χ0v) is 98.1. The Bertz CT molecular complexity index is 4340. The summed E-state index contributed by atoms with van der Waals surface area (Å²) in [4.78, 5) is 25.5. The number of benzene rings is 1. The van der Waals surface area contributed by atoms with Gasteiger partial charge in [-0.05, 0) is 430 Å². The number of aliphatic hydroxyl groups is 2. The summed E-state index contributed by atoms with van der Waals surface area (Å²) in [5, 5.41) is 24.3. The van der Waals surface area contributed by atoms with Gasteiger partial charge in [-0.15, -0.1) is 0 Å². The summed E-state index contributed by atoms with van der Waals surface area (Å²) in [6.07, 6.45) is 17.4. The molecule has 8 aliphatic heterocycles. The van der Waals surface area contributed by atoms with Gasteiger partial charge in [0.2, 0.25) is 5.60 Å². The summed E-state index contributed by atoms with van der Waals surface area (Å²) in [5.74, 6) is 50.7. The van der Waals surface area contributed by atoms with Crippen LogP contribution in [0, 0.1) is 166 Å². The Morgan fingerprint density at radius 1 is 0.500 bits per heavy atom. The number of hydrogen-bond donors (Lipinski definition) is 4. The number of β-amino-alcohol motifs (C(OH)–C–C–N with tert-alkyl or cyclic N) is 1. The van der Waals surface area contributed by atoms with E-state index in [-0.39, 0.29) is 89.2 Å². The molecule has 0 radical (unpaired) electrons. The minimum atomic E-state index is -2.81. The molecule has 790 valence electrons. The number of hydrogen-bond acceptors (Lipinski definition) is 15. The van der Waals surface area contributed by atoms with Gasteiger partial charge in [-0.2, -0.15) is 0 Å². The number of likely N-dealkylation sites (tertiary alicyclic amines) is 4. The minimum Gasteiger partial charge on any atom is -0.425 e. The van der Waals surface area contributed by atoms with Crippen molar-refractivity contribution in [3.8, 4) is 94.7 Å². The Morgan fingerprint density at radius 2 is 0.920 bits per heavy atom. The number of unbranched alkanes of at least 4 members (excludes halogenated alkanes) is 2. The second-order valence-corrected chi connectivity index (χ2v) is 55.6. The Hall–Kier alpha value is -5.59. The quantitative estimate of drug-likeness (QED) is 0.122. The van der Waals surface area contributed by atoms with E-state index in [1.54, 1.807) is 0 Å². The standard InChI is InChI=1S/C17H23F.C14H28N2.C14H26.C13H23NO2S.C13H23NO.C12H19NO3.C11H21NO.C10H17N.C9H17N.C7H12O/c1-16(2,3)12-13-17(4,5)11-10-14-6-8-15(18)9-7-14;1-13(2,3)16-11-7-14(8-12-16)5-9-15(4)10-6-14;1-7-8-9-10-14(5,6)12-11-13(2,3)4;1-12(2,3)6-7-13(4,5)14-8-10-17(15,16)11-9-14;1-11(2,3)7-8-13(15)9-14(10-13)12(4,5)6;1-5-13-10(14)16-12(8-15-9-12)7-6-11(2,3)4;1-10(2,3)12-8-11(9-12)4-6-13-7-5-11;1-10(2,3)7-6-9-5-4-8-11-9;1-9(2,3)7-6-8-10(4)5;1-7(2,3)5-4-6-8/h6-9H,10-11H2,1-5H3;5-12H2,1-4H3;7-10H2,1-6H3;8-11H2,1-5H3;15H,9-10H2,1-6H3;5,8-9H2,1-4H3,(H,13,14);4-9H2,1-3H3;9,11H,4-5,8H2,1-3H3;8H2,1-5H3;8H,6H2,1-3H3. The molecule has 138 heavy (non-hydrogen) atoms. The molecule has 1 aromatic carbocycles. The van der Waals surface area contributed by atoms with Crippen molar-refractivity contribution in [1.82, 2.24) is 40.0 Å². The highest BCUT2D eigenvalue weighted by Crippen LogP contribution is 2.44. The lowest BCUT2D eigenvalue weighted by molar-refractivity contribution is -0.143. The molecule has 1 atom stereocenters. The highest BCUT2D eigenvalue weighted by molar-refractivity contribution is 7.91. The van der Waals surface area contributed by atoms with Crippen molar-refractivity contribution in [2.45, 2.75) is 413 Å². The monoisotopic (exact) mass is 1940 g/mol. The van der Waals surface area contributed by atoms with E-state index in [1.165, 1.54) is 134 Å². The number of ether oxygens (including phenoxy) is 3. The molecule has 18 heteroatoms. The van der Waals surface area contributed by atoms with Gasteiger partial charge in [-0.25, -0.2) is 17.6 Å². The number of nitrogens with one attached hydrogen (secondary N) is 2. The first-order valence-electron chi connectivity index (χ1n) is 52.1. The predicted octanol–water partition coefficient (Wildman–Crippen LogP) is 23.4. The van der Waals surface area contributed by atoms with Crippen LogP contribution in [0.1, 0.15) is 373 Å². The van der Waals surface area contributed by atoms with Crippen LogP contribution in [-0.2, 0) is 30.5 Å². The summed E-state index contributed by atoms with van der Waals surface area (Å²) in [6.45, 7) is 103. The maximum absolute atomic E-state index is 12.8. The molecule has 8 saturated heterocycles. The normalized spacial score (nSPS) is 19.2. The summed E-state index contributed by atoms with van der Waals surface area (Å²) >= 11 is 0. The number of aliphatic hydroxyl groups excluding tert-OH is 1. The Kier molecular flexibility index (Phi) is 55.0. The number of carbonyl (C=O) groups is 1. The molecule has 1 aromatic rings. The molecular weight excluding hydrogens is 1730 g/mol. The highest BCUT2D eigenvalue weighted by atomic mass is 32.2. The molecule has 1 unspecified atom stereocenters. The van der Waals surface area contributed by atoms with Gasteiger partial charge < -0.3 is 40.0 Å². The first kappa shape index (κ1) is 132. The van der Waals surface area contributed by atoms with E-state index in [2.05, 4.69) is 377 Å². The van der Waals surface area contributed by atoms with Crippen LogP contribution in [0.3, 0.4) is 0 Å². The molecule has 4 N–H and O–H groups in total. The van der Waals surface area contributed by atoms with E-state index in [0.717, 1.165) is 39.1 Å². The van der Waals surface area contributed by atoms with E-state index in [1.807, 2.05) is 74.7 Å². The molecule has 0 saturated carbocycles. The molecule has 1 amide bonds. The number of halogens is 1. The third-order valence-corrected chi connectivity index (χ3v) is 25.3. The molecule has 16 nitrogen and oxygen atoms in total. The van der Waals surface area contributed by atoms with Gasteiger partial charge >= 0.3 is 6.09 Å². The molecule has 8 heterocycles. The van der Waals surface area contributed by atoms with Crippen molar-refractivity contribution in [2.24, 2.45) is 65.0 Å². The van der Waals surface area contributed by atoms with Crippen molar-refractivity contribution in [1.29, 1.82) is 0 Å². The van der Waals surface area contributed by atoms with Crippen LogP contribution in [0.4, 0.5) is 9.18 Å². The second-order valence-electron chi connectivity index (χ2n) is 53.3. The number of piperidine rings is 2. The van der Waals surface area contributed by atoms with E-state index in [4.69, 9.17) is 19.3 Å². The van der Waals surface area contributed by atoms with Crippen LogP contribution >= 0.6 is 0 Å². The molecule has 2 spiro atoms. The van der Waals surface area contributed by atoms with Crippen LogP contribution in [0.25, 0.3) is 0 Å². The van der Waals surface area contributed by atoms with Crippen molar-refractivity contribution >= 4 is 15.9 Å². The Labute approximate surface area is 852 Å². The van der Waals surface area contributed by atoms with Crippen LogP contribution in [0.5, 0.6) is 0 Å². The van der Waals surface area contributed by atoms with Gasteiger partial charge in [-0.1, -0.05) is 127 Å². The first-order chi connectivity index (χ1) is 62.3. The number of carbonyl (C=O) groups excluding carboxylic acids is 1. The van der Waals surface area contributed by atoms with Crippen LogP contribution < -0.4 is 10.6 Å². The first-order valence-corrected chi connectivity index (χ1v) is 53.9. The van der Waals surface area contributed by atoms with Gasteiger partial charge in [0.15, 0.2) is 15.4 Å². The highest BCUT2D eigenvalue weighted by Gasteiger charge is 2.48. The average Bonchev–Trinajstić information content (AvgIpc) is 0.854. The summed E-state index contributed by atoms with van der Waals surface area (Å²) < 4.78 is 51.3. The molecule has 8 aliphatic rings. The number of alkyl carbamates (subject to hydrolysis) is 1. The molecule has 8 fully saturated rings. The number of rotatable bonds is 11. The number of nitrogens with zero attached hydrogens (tertiary/aromatic N) is 6. The van der Waals surface area contributed by atoms with E-state index in [9.17, 15) is 22.7 Å². The maximum Gasteiger partial charge on any atom is 0.408 e. The zero-order chi connectivity index (χ0) is 107. The minimum absolute atomic E-state index is 0.00165. The lowest BCUT2D eigenvalue weighted by Crippen LogP contribution is -2.66. The van der Waals surface area contributed by atoms with Gasteiger partial charge in [0.05, 0.1) is 29.6 Å². The van der Waals surface area contributed by atoms with E-state index >= 15 is 0 Å². The predicted molar refractivity (Wildman–Crippen MR) is 589 cm³/mol. The summed E-state index contributed by atoms with van der Waals surface area (Å²) in [5.41, 5.74) is 2.18. The smallest absolute Gasteiger partial charge is 0.408 e. The van der Waals surface area contributed by atoms with Gasteiger partial charge in [0.1, 0.15) is 25.6 Å². The molecule has 0 aliphatic carbocycles. The third kappa shape index (κ3) is 65.6. The van der Waals surface area contributed by atoms with E-state index < -0.39 is 27.1 Å². The van der Waals surface area contributed by atoms with Crippen LogP contribution in [0.15, 0.2) is 24.3 Å². The fraction of sp³-hybridized carbons (Fsp3) is 0.808. The Morgan fingerprint density at radius 3 is 1.30 bits per heavy atom. The fourth-order valence-electron chi connectivity index (χ4n) is 14.5. The van der Waals surface area contributed by atoms with Crippen LogP contribution in [-0.4, -0.2) is 244 Å². The largest absolute Gasteiger partial charge is 0.425 e. The van der Waals surface area contributed by atoms with Crippen molar-refractivity contribution in [3.05, 3.63) is 35.6 Å². The molecular formula is C120H209FN8O8S. The molecule has 0 aromatic heterocycles. The Balaban J connectivity index is 0.00000152. The van der Waals surface area contributed by atoms with Gasteiger partial charge in [-0.3, -0.25) is 24.5 Å². The lowest BCUT2D eigenvalue weighted by atomic mass is 9.71. The van der Waals surface area contributed by atoms with E-state index in [0.29, 0.717) is 73.9 Å². The van der Waals surface area contributed by atoms with Gasteiger partial charge in [0.25, 0.3) is 0 Å². The third-order valence-electron chi connectivity index (χ3n) is 23.7. The number of aryl methyl sites for hydroxylation is 1. The van der Waals surface area contributed by atoms with Crippen LogP contribution in [0.2, 0.25) is 0 Å². The van der Waals surface area contributed by atoms with Crippen molar-refractivity contribution in [2.75, 3.05) is 151 Å². The zero-order valence-electron chi connectivity index (χ0n) is 97.2. The van der Waals surface area contributed by atoms with Gasteiger partial charge in [0, 0.05) is 135 Å². The lowest BCUT2D eigenvalue weighted by Gasteiger charge is -2.57. The van der Waals surface area contributed by atoms with Crippen molar-refractivity contribution in [3.63, 3.8) is 0 Å². The fourth-order valence-corrected chi connectivity index (χ4v) is 15.7. The SMILES string of the molecule is CC(C)(C)C#CC(C)(C)CCc1ccc(F)cc1.CC(C)(C)C#CC(C)(C)N1CCS(=O)(=O)CC1.CC(C)(C)C#CC1(O)CN(C(C)(C)C)C1.CC(C)(C)C#CC1CCCN1.CC(C)(C)C#CCO.CC(C)(C)N1CC2(CCOCC2)C1.CCCCCC(C)(C)C#CC(C)(C)C.CCNC(=O)OC1(C#CC(C)(C)C)COC1.CN(C)CC#CC(C)(C)C.CN1CCC2(CC1)CCN(C(C)(C)C)CC2. The average molecular weight is 1940 g/mol. The number of amides is 1. The molecule has 9 rings (SSSR count). The second kappa shape index (κ2) is 57.3. The topological polar surface area (TPSA) is 163 Å². The summed E-state index contributed by atoms with van der Waals surface area (Å²) in [7, 11) is 3.50. The maximum atomic E-state index is 12.8. The van der Waals surface area contributed by atoms with Crippen molar-refractivity contribution < 1.29 is 42.0 Å². The number of sulfone groups is 1. The summed E-state index contributed by atoms with van der Waals surface area (Å²) in [6, 6.07) is 7.20.